The molecule has 0 spiro atoms. The van der Waals surface area contributed by atoms with Crippen LogP contribution in [0.25, 0.3) is 10.8 Å². The molecule has 1 saturated carbocycles. The lowest BCUT2D eigenvalue weighted by Crippen LogP contribution is -2.60. The van der Waals surface area contributed by atoms with E-state index in [1.165, 1.54) is 0 Å². The van der Waals surface area contributed by atoms with Gasteiger partial charge in [-0.1, -0.05) is 58.9 Å². The van der Waals surface area contributed by atoms with Crippen molar-refractivity contribution in [2.24, 2.45) is 34.3 Å². The summed E-state index contributed by atoms with van der Waals surface area (Å²) >= 11 is 0. The Morgan fingerprint density at radius 3 is 2.50 bits per heavy atom. The fourth-order valence-electron chi connectivity index (χ4n) is 6.39. The van der Waals surface area contributed by atoms with Crippen LogP contribution in [0.15, 0.2) is 30.5 Å². The van der Waals surface area contributed by atoms with E-state index in [2.05, 4.69) is 34.7 Å². The molecule has 1 aromatic heterocycles. The molecule has 5 rings (SSSR count). The Bertz CT molecular complexity index is 1340. The first-order chi connectivity index (χ1) is 18.8. The minimum Gasteiger partial charge on any atom is -0.381 e. The number of likely N-dealkylation sites (tertiary alicyclic amines) is 1. The Hall–Kier alpha value is -3.60. The summed E-state index contributed by atoms with van der Waals surface area (Å²) in [6, 6.07) is 4.37. The summed E-state index contributed by atoms with van der Waals surface area (Å²) in [4.78, 5) is 55.2. The minimum absolute atomic E-state index is 0.0943. The van der Waals surface area contributed by atoms with Gasteiger partial charge in [0.05, 0.1) is 18.7 Å². The Morgan fingerprint density at radius 1 is 1.12 bits per heavy atom. The van der Waals surface area contributed by atoms with Gasteiger partial charge >= 0.3 is 0 Å². The molecular formula is C29H38N6O5. The van der Waals surface area contributed by atoms with Crippen molar-refractivity contribution in [1.82, 2.24) is 25.7 Å². The Balaban J connectivity index is 1.42. The molecule has 1 aliphatic carbocycles. The first kappa shape index (κ1) is 27.9. The molecule has 4 N–H and O–H groups in total. The number of carbonyl (C=O) groups excluding carboxylic acids is 4. The Labute approximate surface area is 233 Å². The van der Waals surface area contributed by atoms with E-state index < -0.39 is 35.4 Å². The Morgan fingerprint density at radius 2 is 1.85 bits per heavy atom. The van der Waals surface area contributed by atoms with E-state index in [1.54, 1.807) is 23.2 Å². The van der Waals surface area contributed by atoms with Crippen molar-refractivity contribution in [3.63, 3.8) is 0 Å². The minimum atomic E-state index is -1.23. The average molecular weight is 551 g/mol. The molecule has 4 amide bonds. The fourth-order valence-corrected chi connectivity index (χ4v) is 6.39. The van der Waals surface area contributed by atoms with E-state index in [0.717, 1.165) is 5.39 Å². The molecule has 11 nitrogen and oxygen atoms in total. The van der Waals surface area contributed by atoms with Gasteiger partial charge in [-0.05, 0) is 29.1 Å². The molecule has 1 aromatic carbocycles. The number of nitrogens with zero attached hydrogens (tertiary/aromatic N) is 3. The van der Waals surface area contributed by atoms with E-state index in [4.69, 9.17) is 10.5 Å². The first-order valence-corrected chi connectivity index (χ1v) is 13.8. The third kappa shape index (κ3) is 4.91. The molecule has 40 heavy (non-hydrogen) atoms. The molecule has 2 aliphatic heterocycles. The van der Waals surface area contributed by atoms with Crippen LogP contribution in [-0.4, -0.2) is 70.6 Å². The Kier molecular flexibility index (Phi) is 7.06. The van der Waals surface area contributed by atoms with Crippen molar-refractivity contribution in [3.05, 3.63) is 36.2 Å². The maximum absolute atomic E-state index is 14.1. The van der Waals surface area contributed by atoms with E-state index in [9.17, 15) is 19.2 Å². The van der Waals surface area contributed by atoms with Crippen LogP contribution in [0.3, 0.4) is 0 Å². The van der Waals surface area contributed by atoms with Gasteiger partial charge < -0.3 is 26.0 Å². The summed E-state index contributed by atoms with van der Waals surface area (Å²) < 4.78 is 5.36. The van der Waals surface area contributed by atoms with Crippen LogP contribution >= 0.6 is 0 Å². The highest BCUT2D eigenvalue weighted by Crippen LogP contribution is 2.65. The largest absolute Gasteiger partial charge is 0.381 e. The number of benzene rings is 1. The summed E-state index contributed by atoms with van der Waals surface area (Å²) in [5.41, 5.74) is 5.25. The smallest absolute Gasteiger partial charge is 0.246 e. The van der Waals surface area contributed by atoms with Crippen LogP contribution < -0.4 is 16.4 Å². The summed E-state index contributed by atoms with van der Waals surface area (Å²) in [6.07, 6.45) is 2.18. The second-order valence-corrected chi connectivity index (χ2v) is 12.9. The fraction of sp³-hybridized carbons (Fsp3) is 0.586. The summed E-state index contributed by atoms with van der Waals surface area (Å²) in [7, 11) is 0. The van der Waals surface area contributed by atoms with Gasteiger partial charge in [-0.15, -0.1) is 0 Å². The van der Waals surface area contributed by atoms with Gasteiger partial charge in [-0.25, -0.2) is 0 Å². The molecule has 214 valence electrons. The van der Waals surface area contributed by atoms with Crippen molar-refractivity contribution in [3.8, 4) is 0 Å². The third-order valence-electron chi connectivity index (χ3n) is 8.90. The average Bonchev–Trinajstić information content (AvgIpc) is 3.35. The first-order valence-electron chi connectivity index (χ1n) is 13.8. The lowest BCUT2D eigenvalue weighted by molar-refractivity contribution is -0.146. The van der Waals surface area contributed by atoms with Gasteiger partial charge in [0.1, 0.15) is 17.8 Å². The zero-order chi connectivity index (χ0) is 29.0. The number of ether oxygens (including phenoxy) is 1. The quantitative estimate of drug-likeness (QED) is 0.469. The number of carbonyl (C=O) groups is 4. The number of amides is 4. The second kappa shape index (κ2) is 10.1. The van der Waals surface area contributed by atoms with E-state index in [1.807, 2.05) is 32.9 Å². The molecule has 3 heterocycles. The number of hydrogen-bond donors (Lipinski definition) is 3. The maximum atomic E-state index is 14.1. The highest BCUT2D eigenvalue weighted by atomic mass is 16.5. The molecular weight excluding hydrogens is 512 g/mol. The van der Waals surface area contributed by atoms with E-state index in [-0.39, 0.29) is 40.7 Å². The van der Waals surface area contributed by atoms with Crippen molar-refractivity contribution in [2.75, 3.05) is 19.8 Å². The van der Waals surface area contributed by atoms with Gasteiger partial charge in [0.2, 0.25) is 23.6 Å². The number of rotatable bonds is 7. The molecule has 11 heteroatoms. The van der Waals surface area contributed by atoms with Crippen molar-refractivity contribution >= 4 is 34.4 Å². The lowest BCUT2D eigenvalue weighted by atomic mass is 9.84. The zero-order valence-electron chi connectivity index (χ0n) is 23.6. The highest BCUT2D eigenvalue weighted by Gasteiger charge is 2.70. The van der Waals surface area contributed by atoms with Crippen molar-refractivity contribution < 1.29 is 23.9 Å². The molecule has 0 radical (unpaired) electrons. The molecule has 3 aliphatic rings. The predicted molar refractivity (Wildman–Crippen MR) is 146 cm³/mol. The standard InChI is InChI=1S/C29H38N6O5/c1-28(2,3)23(33-25(37)16-10-11-40-14-16)27(39)35-13-18-19(29(18,4)5)22(35)26(38)32-21(24(30)36)20-17-9-7-6-8-15(17)12-31-34-20/h6-9,12,16,18-19,21-23H,10-11,13-14H2,1-5H3,(H2,30,36)(H,32,38)(H,33,37)/t16?,18-,19-,21?,22-,23?/m0/s1. The van der Waals surface area contributed by atoms with Gasteiger partial charge in [-0.3, -0.25) is 19.2 Å². The van der Waals surface area contributed by atoms with Crippen LogP contribution in [0.2, 0.25) is 0 Å². The summed E-state index contributed by atoms with van der Waals surface area (Å²) in [5.74, 6) is -2.07. The van der Waals surface area contributed by atoms with E-state index in [0.29, 0.717) is 31.6 Å². The van der Waals surface area contributed by atoms with Crippen LogP contribution in [0.5, 0.6) is 0 Å². The van der Waals surface area contributed by atoms with Crippen LogP contribution in [0, 0.1) is 28.6 Å². The molecule has 3 unspecified atom stereocenters. The maximum Gasteiger partial charge on any atom is 0.246 e. The number of primary amides is 1. The van der Waals surface area contributed by atoms with Crippen molar-refractivity contribution in [2.45, 2.75) is 59.2 Å². The van der Waals surface area contributed by atoms with Crippen LogP contribution in [0.4, 0.5) is 0 Å². The number of piperidine rings is 1. The van der Waals surface area contributed by atoms with Gasteiger partial charge in [0, 0.05) is 23.9 Å². The van der Waals surface area contributed by atoms with Gasteiger partial charge in [0.15, 0.2) is 6.04 Å². The third-order valence-corrected chi connectivity index (χ3v) is 8.90. The van der Waals surface area contributed by atoms with Gasteiger partial charge in [0.25, 0.3) is 0 Å². The lowest BCUT2D eigenvalue weighted by Gasteiger charge is -2.38. The highest BCUT2D eigenvalue weighted by molar-refractivity contribution is 5.97. The molecule has 2 aromatic rings. The van der Waals surface area contributed by atoms with Crippen LogP contribution in [0.1, 0.15) is 52.8 Å². The topological polar surface area (TPSA) is 157 Å². The predicted octanol–water partition coefficient (Wildman–Crippen LogP) is 1.32. The molecule has 3 fully saturated rings. The van der Waals surface area contributed by atoms with Crippen LogP contribution in [-0.2, 0) is 23.9 Å². The summed E-state index contributed by atoms with van der Waals surface area (Å²) in [6.45, 7) is 11.1. The monoisotopic (exact) mass is 550 g/mol. The molecule has 6 atom stereocenters. The number of aromatic nitrogens is 2. The molecule has 2 saturated heterocycles. The molecule has 0 bridgehead atoms. The van der Waals surface area contributed by atoms with Crippen molar-refractivity contribution in [1.29, 1.82) is 0 Å². The van der Waals surface area contributed by atoms with Gasteiger partial charge in [-0.2, -0.15) is 10.2 Å². The number of hydrogen-bond acceptors (Lipinski definition) is 7. The summed E-state index contributed by atoms with van der Waals surface area (Å²) in [5, 5.41) is 15.3. The SMILES string of the molecule is CC(C)(C)C(NC(=O)C1CCOC1)C(=O)N1C[C@H]2[C@@H]([C@H]1C(=O)NC(C(N)=O)c1nncc3ccccc13)C2(C)C. The number of fused-ring (bicyclic) bond motifs is 2. The second-order valence-electron chi connectivity index (χ2n) is 12.9. The normalized spacial score (nSPS) is 26.6. The van der Waals surface area contributed by atoms with E-state index >= 15 is 0 Å². The number of nitrogens with one attached hydrogen (secondary N) is 2. The zero-order valence-corrected chi connectivity index (χ0v) is 23.6. The number of nitrogens with two attached hydrogens (primary N) is 1.